The molecule has 0 atom stereocenters. The number of thioether (sulfide) groups is 1. The second kappa shape index (κ2) is 8.65. The normalized spacial score (nSPS) is 13.7. The summed E-state index contributed by atoms with van der Waals surface area (Å²) in [5, 5.41) is 15.9. The average Bonchev–Trinajstić information content (AvgIpc) is 3.30. The van der Waals surface area contributed by atoms with Gasteiger partial charge in [-0.3, -0.25) is 10.1 Å². The third-order valence-corrected chi connectivity index (χ3v) is 5.21. The van der Waals surface area contributed by atoms with Gasteiger partial charge in [0.2, 0.25) is 11.0 Å². The highest BCUT2D eigenvalue weighted by atomic mass is 32.2. The van der Waals surface area contributed by atoms with E-state index in [0.717, 1.165) is 48.1 Å². The summed E-state index contributed by atoms with van der Waals surface area (Å²) in [5.74, 6) is -0.728. The van der Waals surface area contributed by atoms with E-state index in [9.17, 15) is 22.8 Å². The molecule has 1 aliphatic carbocycles. The first-order valence-corrected chi connectivity index (χ1v) is 9.76. The maximum atomic E-state index is 12.1. The maximum absolute atomic E-state index is 12.1. The molecule has 13 heteroatoms. The topological polar surface area (TPSA) is 105 Å². The van der Waals surface area contributed by atoms with Crippen LogP contribution in [0.3, 0.4) is 0 Å². The van der Waals surface area contributed by atoms with Crippen molar-refractivity contribution in [3.8, 4) is 5.75 Å². The smallest absolute Gasteiger partial charge is 0.406 e. The molecule has 3 amide bonds. The van der Waals surface area contributed by atoms with Crippen LogP contribution in [-0.4, -0.2) is 40.3 Å². The number of carbonyl (C=O) groups excluding carboxylic acids is 2. The second-order valence-corrected chi connectivity index (χ2v) is 7.85. The molecule has 1 saturated carbocycles. The van der Waals surface area contributed by atoms with Crippen molar-refractivity contribution < 1.29 is 27.5 Å². The van der Waals surface area contributed by atoms with Crippen LogP contribution in [0.25, 0.3) is 0 Å². The van der Waals surface area contributed by atoms with Crippen LogP contribution < -0.4 is 20.7 Å². The van der Waals surface area contributed by atoms with Crippen LogP contribution in [0.1, 0.15) is 12.8 Å². The van der Waals surface area contributed by atoms with Crippen LogP contribution in [0.5, 0.6) is 5.75 Å². The van der Waals surface area contributed by atoms with Gasteiger partial charge in [0.15, 0.2) is 4.34 Å². The molecule has 1 aromatic carbocycles. The monoisotopic (exact) mass is 433 g/mol. The highest BCUT2D eigenvalue weighted by Crippen LogP contribution is 2.27. The van der Waals surface area contributed by atoms with Crippen molar-refractivity contribution in [2.45, 2.75) is 29.6 Å². The molecule has 8 nitrogen and oxygen atoms in total. The van der Waals surface area contributed by atoms with Crippen LogP contribution in [0.4, 0.5) is 28.8 Å². The quantitative estimate of drug-likeness (QED) is 0.456. The van der Waals surface area contributed by atoms with Gasteiger partial charge in [-0.15, -0.1) is 23.4 Å². The van der Waals surface area contributed by atoms with Gasteiger partial charge in [-0.1, -0.05) is 23.1 Å². The molecule has 1 heterocycles. The van der Waals surface area contributed by atoms with Crippen LogP contribution in [-0.2, 0) is 4.79 Å². The van der Waals surface area contributed by atoms with Crippen molar-refractivity contribution in [3.63, 3.8) is 0 Å². The van der Waals surface area contributed by atoms with Crippen molar-refractivity contribution in [2.75, 3.05) is 16.4 Å². The Kier molecular flexibility index (Phi) is 6.24. The lowest BCUT2D eigenvalue weighted by Crippen LogP contribution is -2.30. The van der Waals surface area contributed by atoms with Crippen molar-refractivity contribution in [3.05, 3.63) is 24.3 Å². The number of amides is 3. The average molecular weight is 433 g/mol. The third kappa shape index (κ3) is 6.88. The van der Waals surface area contributed by atoms with E-state index >= 15 is 0 Å². The SMILES string of the molecule is O=C(CSc1nnc(NC(=O)NC2CC2)s1)Nc1ccc(OC(F)(F)F)cc1. The number of urea groups is 1. The Labute approximate surface area is 165 Å². The fourth-order valence-corrected chi connectivity index (χ4v) is 3.48. The molecule has 0 saturated heterocycles. The standard InChI is InChI=1S/C15H14F3N5O3S2/c16-15(17,18)26-10-5-3-8(4-6-10)19-11(24)7-27-14-23-22-13(28-14)21-12(25)20-9-1-2-9/h3-6,9H,1-2,7H2,(H,19,24)(H2,20,21,22,25). The Morgan fingerprint density at radius 1 is 1.18 bits per heavy atom. The molecule has 2 aromatic rings. The predicted molar refractivity (Wildman–Crippen MR) is 97.6 cm³/mol. The van der Waals surface area contributed by atoms with E-state index in [1.165, 1.54) is 12.1 Å². The number of ether oxygens (including phenoxy) is 1. The number of hydrogen-bond donors (Lipinski definition) is 3. The zero-order valence-corrected chi connectivity index (χ0v) is 15.7. The molecular formula is C15H14F3N5O3S2. The first kappa shape index (κ1) is 20.2. The number of alkyl halides is 3. The van der Waals surface area contributed by atoms with Gasteiger partial charge in [0.05, 0.1) is 5.75 Å². The minimum absolute atomic E-state index is 0.0176. The number of carbonyl (C=O) groups is 2. The van der Waals surface area contributed by atoms with E-state index in [-0.39, 0.29) is 29.5 Å². The number of nitrogens with one attached hydrogen (secondary N) is 3. The Morgan fingerprint density at radius 2 is 1.89 bits per heavy atom. The minimum atomic E-state index is -4.77. The third-order valence-electron chi connectivity index (χ3n) is 3.24. The number of benzene rings is 1. The van der Waals surface area contributed by atoms with Gasteiger partial charge in [-0.25, -0.2) is 4.79 Å². The van der Waals surface area contributed by atoms with Crippen LogP contribution >= 0.6 is 23.1 Å². The van der Waals surface area contributed by atoms with Gasteiger partial charge in [-0.2, -0.15) is 0 Å². The molecule has 0 unspecified atom stereocenters. The van der Waals surface area contributed by atoms with Gasteiger partial charge < -0.3 is 15.4 Å². The molecule has 0 aliphatic heterocycles. The largest absolute Gasteiger partial charge is 0.573 e. The fraction of sp³-hybridized carbons (Fsp3) is 0.333. The summed E-state index contributed by atoms with van der Waals surface area (Å²) < 4.78 is 40.6. The summed E-state index contributed by atoms with van der Waals surface area (Å²) >= 11 is 2.25. The van der Waals surface area contributed by atoms with E-state index in [1.54, 1.807) is 0 Å². The Hall–Kier alpha value is -2.54. The highest BCUT2D eigenvalue weighted by Gasteiger charge is 2.31. The summed E-state index contributed by atoms with van der Waals surface area (Å²) in [7, 11) is 0. The predicted octanol–water partition coefficient (Wildman–Crippen LogP) is 3.45. The van der Waals surface area contributed by atoms with Crippen LogP contribution in [0, 0.1) is 0 Å². The number of aromatic nitrogens is 2. The molecule has 3 N–H and O–H groups in total. The molecule has 28 heavy (non-hydrogen) atoms. The van der Waals surface area contributed by atoms with Gasteiger partial charge in [0.1, 0.15) is 5.75 Å². The summed E-state index contributed by atoms with van der Waals surface area (Å²) in [5.41, 5.74) is 0.330. The number of halogens is 3. The number of rotatable bonds is 7. The maximum Gasteiger partial charge on any atom is 0.573 e. The first-order valence-electron chi connectivity index (χ1n) is 7.96. The molecule has 0 bridgehead atoms. The molecule has 0 radical (unpaired) electrons. The van der Waals surface area contributed by atoms with Crippen molar-refractivity contribution in [1.82, 2.24) is 15.5 Å². The van der Waals surface area contributed by atoms with Gasteiger partial charge in [0, 0.05) is 11.7 Å². The lowest BCUT2D eigenvalue weighted by Gasteiger charge is -2.09. The minimum Gasteiger partial charge on any atom is -0.406 e. The summed E-state index contributed by atoms with van der Waals surface area (Å²) in [4.78, 5) is 23.6. The van der Waals surface area contributed by atoms with Crippen LogP contribution in [0.15, 0.2) is 28.6 Å². The Bertz CT molecular complexity index is 840. The fourth-order valence-electron chi connectivity index (χ4n) is 1.93. The van der Waals surface area contributed by atoms with Crippen molar-refractivity contribution >= 4 is 45.9 Å². The van der Waals surface area contributed by atoms with Crippen LogP contribution in [0.2, 0.25) is 0 Å². The van der Waals surface area contributed by atoms with Gasteiger partial charge >= 0.3 is 12.4 Å². The number of nitrogens with zero attached hydrogens (tertiary/aromatic N) is 2. The highest BCUT2D eigenvalue weighted by molar-refractivity contribution is 8.01. The van der Waals surface area contributed by atoms with E-state index in [2.05, 4.69) is 30.9 Å². The Morgan fingerprint density at radius 3 is 2.54 bits per heavy atom. The van der Waals surface area contributed by atoms with E-state index in [4.69, 9.17) is 0 Å². The number of hydrogen-bond acceptors (Lipinski definition) is 7. The lowest BCUT2D eigenvalue weighted by atomic mass is 10.3. The molecule has 1 aliphatic rings. The van der Waals surface area contributed by atoms with Crippen molar-refractivity contribution in [2.24, 2.45) is 0 Å². The van der Waals surface area contributed by atoms with E-state index < -0.39 is 6.36 Å². The molecule has 150 valence electrons. The van der Waals surface area contributed by atoms with Crippen molar-refractivity contribution in [1.29, 1.82) is 0 Å². The molecule has 1 aromatic heterocycles. The summed E-state index contributed by atoms with van der Waals surface area (Å²) in [6.45, 7) is 0. The first-order chi connectivity index (χ1) is 13.3. The summed E-state index contributed by atoms with van der Waals surface area (Å²) in [6, 6.07) is 4.69. The van der Waals surface area contributed by atoms with E-state index in [0.29, 0.717) is 15.2 Å². The molecule has 1 fully saturated rings. The molecular weight excluding hydrogens is 419 g/mol. The van der Waals surface area contributed by atoms with Gasteiger partial charge in [-0.05, 0) is 37.1 Å². The second-order valence-electron chi connectivity index (χ2n) is 5.65. The molecule has 0 spiro atoms. The molecule has 3 rings (SSSR count). The zero-order valence-electron chi connectivity index (χ0n) is 14.1. The van der Waals surface area contributed by atoms with E-state index in [1.807, 2.05) is 0 Å². The number of anilines is 2. The Balaban J connectivity index is 1.42. The zero-order chi connectivity index (χ0) is 20.1. The lowest BCUT2D eigenvalue weighted by molar-refractivity contribution is -0.274. The van der Waals surface area contributed by atoms with Gasteiger partial charge in [0.25, 0.3) is 0 Å². The summed E-state index contributed by atoms with van der Waals surface area (Å²) in [6.07, 6.45) is -2.83.